The van der Waals surface area contributed by atoms with E-state index in [1.165, 1.54) is 68.1 Å². The Morgan fingerprint density at radius 1 is 1.06 bits per heavy atom. The van der Waals surface area contributed by atoms with Crippen LogP contribution in [-0.2, 0) is 14.8 Å². The van der Waals surface area contributed by atoms with Gasteiger partial charge in [0.05, 0.1) is 4.90 Å². The molecule has 0 spiro atoms. The van der Waals surface area contributed by atoms with Crippen LogP contribution >= 0.6 is 0 Å². The molecule has 0 aliphatic heterocycles. The van der Waals surface area contributed by atoms with Gasteiger partial charge in [0.15, 0.2) is 0 Å². The minimum atomic E-state index is -3.66. The smallest absolute Gasteiger partial charge is 0.251 e. The molecule has 180 valence electrons. The van der Waals surface area contributed by atoms with E-state index < -0.39 is 10.0 Å². The molecule has 0 atom stereocenters. The van der Waals surface area contributed by atoms with Gasteiger partial charge in [0, 0.05) is 32.2 Å². The Morgan fingerprint density at radius 3 is 2.18 bits per heavy atom. The molecule has 4 aliphatic carbocycles. The fraction of sp³-hybridized carbons (Fsp3) is 0.600. The zero-order chi connectivity index (χ0) is 23.6. The summed E-state index contributed by atoms with van der Waals surface area (Å²) in [5, 5.41) is 5.77. The summed E-state index contributed by atoms with van der Waals surface area (Å²) in [6.07, 6.45) is 9.50. The minimum absolute atomic E-state index is 0.138. The number of rotatable bonds is 10. The average molecular weight is 474 g/mol. The van der Waals surface area contributed by atoms with Crippen LogP contribution in [0, 0.1) is 23.2 Å². The average Bonchev–Trinajstić information content (AvgIpc) is 2.79. The molecule has 8 heteroatoms. The molecule has 0 unspecified atom stereocenters. The maximum Gasteiger partial charge on any atom is 0.251 e. The van der Waals surface area contributed by atoms with E-state index in [1.54, 1.807) is 12.1 Å². The molecule has 4 bridgehead atoms. The lowest BCUT2D eigenvalue weighted by molar-refractivity contribution is -0.116. The highest BCUT2D eigenvalue weighted by molar-refractivity contribution is 7.89. The third-order valence-corrected chi connectivity index (χ3v) is 9.62. The zero-order valence-corrected chi connectivity index (χ0v) is 20.2. The van der Waals surface area contributed by atoms with Crippen LogP contribution in [0.25, 0.3) is 0 Å². The summed E-state index contributed by atoms with van der Waals surface area (Å²) in [6.45, 7) is 4.74. The highest BCUT2D eigenvalue weighted by Gasteiger charge is 2.50. The quantitative estimate of drug-likeness (QED) is 0.403. The van der Waals surface area contributed by atoms with E-state index in [1.807, 2.05) is 0 Å². The molecule has 0 aromatic heterocycles. The van der Waals surface area contributed by atoms with Crippen molar-refractivity contribution in [2.45, 2.75) is 49.8 Å². The minimum Gasteiger partial charge on any atom is -0.353 e. The molecule has 5 rings (SSSR count). The second-order valence-corrected chi connectivity index (χ2v) is 12.3. The number of hydrogen-bond donors (Lipinski definition) is 2. The zero-order valence-electron chi connectivity index (χ0n) is 19.4. The van der Waals surface area contributed by atoms with Crippen molar-refractivity contribution in [3.05, 3.63) is 42.5 Å². The molecule has 7 nitrogen and oxygen atoms in total. The van der Waals surface area contributed by atoms with Crippen LogP contribution in [0.4, 0.5) is 0 Å². The van der Waals surface area contributed by atoms with Crippen molar-refractivity contribution < 1.29 is 18.0 Å². The first-order chi connectivity index (χ1) is 15.7. The molecule has 0 saturated heterocycles. The number of benzene rings is 1. The van der Waals surface area contributed by atoms with Gasteiger partial charge in [0.25, 0.3) is 5.91 Å². The van der Waals surface area contributed by atoms with Gasteiger partial charge in [-0.3, -0.25) is 9.59 Å². The van der Waals surface area contributed by atoms with Gasteiger partial charge >= 0.3 is 0 Å². The summed E-state index contributed by atoms with van der Waals surface area (Å²) < 4.78 is 26.9. The number of carbonyl (C=O) groups is 2. The fourth-order valence-corrected chi connectivity index (χ4v) is 7.75. The van der Waals surface area contributed by atoms with Crippen molar-refractivity contribution in [3.8, 4) is 0 Å². The Morgan fingerprint density at radius 2 is 1.64 bits per heavy atom. The van der Waals surface area contributed by atoms with E-state index in [9.17, 15) is 18.0 Å². The normalized spacial score (nSPS) is 28.0. The first-order valence-electron chi connectivity index (χ1n) is 12.0. The molecule has 4 aliphatic rings. The molecule has 2 amide bonds. The van der Waals surface area contributed by atoms with E-state index in [0.717, 1.165) is 24.3 Å². The topological polar surface area (TPSA) is 95.6 Å². The number of hydrogen-bond acceptors (Lipinski definition) is 4. The second kappa shape index (κ2) is 9.58. The van der Waals surface area contributed by atoms with Gasteiger partial charge in [-0.1, -0.05) is 6.58 Å². The van der Waals surface area contributed by atoms with Crippen LogP contribution in [0.1, 0.15) is 55.3 Å². The summed E-state index contributed by atoms with van der Waals surface area (Å²) in [5.74, 6) is 2.10. The Balaban J connectivity index is 1.30. The van der Waals surface area contributed by atoms with E-state index in [-0.39, 0.29) is 28.7 Å². The van der Waals surface area contributed by atoms with Crippen molar-refractivity contribution in [1.29, 1.82) is 0 Å². The predicted octanol–water partition coefficient (Wildman–Crippen LogP) is 2.95. The lowest BCUT2D eigenvalue weighted by Gasteiger charge is -2.56. The Bertz CT molecular complexity index is 968. The Hall–Kier alpha value is -2.19. The van der Waals surface area contributed by atoms with Crippen LogP contribution < -0.4 is 10.6 Å². The monoisotopic (exact) mass is 473 g/mol. The Labute approximate surface area is 197 Å². The number of amides is 2. The van der Waals surface area contributed by atoms with Crippen LogP contribution in [0.5, 0.6) is 0 Å². The van der Waals surface area contributed by atoms with E-state index in [4.69, 9.17) is 0 Å². The predicted molar refractivity (Wildman–Crippen MR) is 127 cm³/mol. The lowest BCUT2D eigenvalue weighted by atomic mass is 9.49. The van der Waals surface area contributed by atoms with E-state index >= 15 is 0 Å². The maximum atomic E-state index is 12.8. The van der Waals surface area contributed by atoms with Crippen LogP contribution in [0.3, 0.4) is 0 Å². The van der Waals surface area contributed by atoms with Crippen LogP contribution in [0.15, 0.2) is 41.8 Å². The molecular weight excluding hydrogens is 438 g/mol. The molecule has 1 aromatic carbocycles. The number of carbonyl (C=O) groups excluding carboxylic acids is 2. The fourth-order valence-electron chi connectivity index (χ4n) is 6.54. The summed E-state index contributed by atoms with van der Waals surface area (Å²) in [6, 6.07) is 6.15. The molecule has 1 aromatic rings. The van der Waals surface area contributed by atoms with Gasteiger partial charge in [-0.05, 0) is 98.5 Å². The van der Waals surface area contributed by atoms with E-state index in [2.05, 4.69) is 17.2 Å². The van der Waals surface area contributed by atoms with Crippen LogP contribution in [-0.4, -0.2) is 51.2 Å². The second-order valence-electron chi connectivity index (χ2n) is 10.3. The van der Waals surface area contributed by atoms with Crippen molar-refractivity contribution in [3.63, 3.8) is 0 Å². The largest absolute Gasteiger partial charge is 0.353 e. The number of nitrogens with one attached hydrogen (secondary N) is 2. The first kappa shape index (κ1) is 24.0. The van der Waals surface area contributed by atoms with Gasteiger partial charge in [-0.25, -0.2) is 12.7 Å². The van der Waals surface area contributed by atoms with Gasteiger partial charge in [0.2, 0.25) is 15.9 Å². The highest BCUT2D eigenvalue weighted by atomic mass is 32.2. The van der Waals surface area contributed by atoms with Gasteiger partial charge in [-0.15, -0.1) is 0 Å². The Kier molecular flexibility index (Phi) is 6.96. The maximum absolute atomic E-state index is 12.8. The number of nitrogens with zero attached hydrogens (tertiary/aromatic N) is 1. The number of sulfonamides is 1. The van der Waals surface area contributed by atoms with Gasteiger partial charge < -0.3 is 10.6 Å². The van der Waals surface area contributed by atoms with E-state index in [0.29, 0.717) is 18.5 Å². The van der Waals surface area contributed by atoms with Crippen LogP contribution in [0.2, 0.25) is 0 Å². The molecule has 4 saturated carbocycles. The van der Waals surface area contributed by atoms with Gasteiger partial charge in [-0.2, -0.15) is 0 Å². The summed E-state index contributed by atoms with van der Waals surface area (Å²) >= 11 is 0. The third-order valence-electron chi connectivity index (χ3n) is 7.75. The molecule has 2 N–H and O–H groups in total. The first-order valence-corrected chi connectivity index (χ1v) is 13.4. The molecule has 4 fully saturated rings. The van der Waals surface area contributed by atoms with Crippen molar-refractivity contribution in [1.82, 2.24) is 14.9 Å². The standard InChI is InChI=1S/C25H35N3O4S/c1-3-23(29)26-9-4-10-28(2)33(31,32)22-7-5-21(6-8-22)24(30)27-17-25-14-18-11-19(15-25)13-20(12-18)16-25/h3,5-8,18-20H,1,4,9-17H2,2H3,(H,26,29)(H,27,30). The van der Waals surface area contributed by atoms with Crippen molar-refractivity contribution in [2.24, 2.45) is 23.2 Å². The molecule has 0 radical (unpaired) electrons. The molecular formula is C25H35N3O4S. The summed E-state index contributed by atoms with van der Waals surface area (Å²) in [7, 11) is -2.15. The van der Waals surface area contributed by atoms with Crippen molar-refractivity contribution >= 4 is 21.8 Å². The summed E-state index contributed by atoms with van der Waals surface area (Å²) in [4.78, 5) is 24.1. The van der Waals surface area contributed by atoms with Gasteiger partial charge in [0.1, 0.15) is 0 Å². The highest BCUT2D eigenvalue weighted by Crippen LogP contribution is 2.59. The molecule has 0 heterocycles. The van der Waals surface area contributed by atoms with Crippen molar-refractivity contribution in [2.75, 3.05) is 26.7 Å². The summed E-state index contributed by atoms with van der Waals surface area (Å²) in [5.41, 5.74) is 0.745. The molecule has 33 heavy (non-hydrogen) atoms. The SMILES string of the molecule is C=CC(=O)NCCCN(C)S(=O)(=O)c1ccc(C(=O)NCC23CC4CC(CC(C4)C2)C3)cc1. The third kappa shape index (κ3) is 5.32. The lowest BCUT2D eigenvalue weighted by Crippen LogP contribution is -2.51.